The summed E-state index contributed by atoms with van der Waals surface area (Å²) in [6.45, 7) is 4.86. The van der Waals surface area contributed by atoms with E-state index in [1.165, 1.54) is 0 Å². The van der Waals surface area contributed by atoms with Crippen LogP contribution in [0, 0.1) is 0 Å². The summed E-state index contributed by atoms with van der Waals surface area (Å²) in [5.41, 5.74) is 0. The minimum atomic E-state index is 0. The van der Waals surface area contributed by atoms with Gasteiger partial charge in [0.15, 0.2) is 0 Å². The Kier molecular flexibility index (Phi) is 23.3. The average molecular weight is 370 g/mol. The first-order chi connectivity index (χ1) is 5.54. The Labute approximate surface area is 118 Å². The largest absolute Gasteiger partial charge is 2.00 e. The molecule has 0 heterocycles. The van der Waals surface area contributed by atoms with Crippen molar-refractivity contribution in [3.8, 4) is 0 Å². The molecule has 0 amide bonds. The summed E-state index contributed by atoms with van der Waals surface area (Å²) in [7, 11) is 0. The number of hydrogen-bond acceptors (Lipinski definition) is 6. The summed E-state index contributed by atoms with van der Waals surface area (Å²) in [5.74, 6) is 0. The second-order valence-corrected chi connectivity index (χ2v) is 3.37. The van der Waals surface area contributed by atoms with E-state index in [0.29, 0.717) is 13.2 Å². The van der Waals surface area contributed by atoms with E-state index in [-0.39, 0.29) is 32.4 Å². The zero-order valence-corrected chi connectivity index (χ0v) is 12.9. The predicted octanol–water partition coefficient (Wildman–Crippen LogP) is 1.33. The first-order valence-electron chi connectivity index (χ1n) is 3.22. The van der Waals surface area contributed by atoms with Gasteiger partial charge in [-0.3, -0.25) is 0 Å². The third kappa shape index (κ3) is 32.1. The van der Waals surface area contributed by atoms with Crippen LogP contribution in [0.2, 0.25) is 0 Å². The molecule has 0 spiro atoms. The van der Waals surface area contributed by atoms with Gasteiger partial charge in [0.05, 0.1) is 13.2 Å². The molecule has 0 aliphatic heterocycles. The van der Waals surface area contributed by atoms with E-state index in [9.17, 15) is 0 Å². The Morgan fingerprint density at radius 2 is 1.23 bits per heavy atom. The van der Waals surface area contributed by atoms with Gasteiger partial charge in [-0.05, 0) is 13.8 Å². The van der Waals surface area contributed by atoms with Gasteiger partial charge in [-0.15, -0.1) is 0 Å². The normalized spacial score (nSPS) is 6.92. The van der Waals surface area contributed by atoms with E-state index < -0.39 is 0 Å². The Bertz CT molecular complexity index is 127. The van der Waals surface area contributed by atoms with Crippen molar-refractivity contribution in [2.45, 2.75) is 13.8 Å². The molecule has 0 unspecified atom stereocenters. The van der Waals surface area contributed by atoms with Crippen molar-refractivity contribution in [1.82, 2.24) is 0 Å². The van der Waals surface area contributed by atoms with Crippen molar-refractivity contribution in [2.75, 3.05) is 13.2 Å². The molecular weight excluding hydrogens is 360 g/mol. The fraction of sp³-hybridized carbons (Fsp3) is 0.667. The Balaban J connectivity index is -0.000000143. The number of ether oxygens (including phenoxy) is 2. The second-order valence-electron chi connectivity index (χ2n) is 1.37. The van der Waals surface area contributed by atoms with Crippen LogP contribution in [0.5, 0.6) is 0 Å². The molecule has 0 aromatic rings. The maximum atomic E-state index is 4.59. The molecule has 0 atom stereocenters. The fourth-order valence-corrected chi connectivity index (χ4v) is 0.707. The monoisotopic (exact) mass is 372 g/mol. The predicted molar refractivity (Wildman–Crippen MR) is 68.9 cm³/mol. The van der Waals surface area contributed by atoms with Crippen LogP contribution < -0.4 is 0 Å². The maximum Gasteiger partial charge on any atom is 2.00 e. The van der Waals surface area contributed by atoms with Crippen LogP contribution in [0.15, 0.2) is 0 Å². The van der Waals surface area contributed by atoms with E-state index in [0.717, 1.165) is 0 Å². The molecule has 0 fully saturated rings. The molecule has 0 aliphatic rings. The van der Waals surface area contributed by atoms with Gasteiger partial charge >= 0.3 is 23.7 Å². The van der Waals surface area contributed by atoms with E-state index in [4.69, 9.17) is 0 Å². The summed E-state index contributed by atoms with van der Waals surface area (Å²) < 4.78 is 9.59. The van der Waals surface area contributed by atoms with E-state index in [1.54, 1.807) is 0 Å². The molecule has 0 aliphatic carbocycles. The quantitative estimate of drug-likeness (QED) is 0.412. The van der Waals surface area contributed by atoms with Crippen LogP contribution >= 0.6 is 24.4 Å². The third-order valence-corrected chi connectivity index (χ3v) is 0.996. The Morgan fingerprint density at radius 1 is 1.00 bits per heavy atom. The fourth-order valence-electron chi connectivity index (χ4n) is 0.236. The Hall–Kier alpha value is 1.01. The van der Waals surface area contributed by atoms with Gasteiger partial charge in [-0.2, -0.15) is 0 Å². The van der Waals surface area contributed by atoms with Gasteiger partial charge in [0.2, 0.25) is 0 Å². The molecule has 0 bridgehead atoms. The molecule has 0 N–H and O–H groups in total. The van der Waals surface area contributed by atoms with Gasteiger partial charge in [0, 0.05) is 8.77 Å². The molecular formula is C6H10O2S4Te. The summed E-state index contributed by atoms with van der Waals surface area (Å²) in [4.78, 5) is 0. The van der Waals surface area contributed by atoms with Crippen molar-refractivity contribution in [1.29, 1.82) is 0 Å². The summed E-state index contributed by atoms with van der Waals surface area (Å²) in [6, 6.07) is 0. The second kappa shape index (κ2) is 15.5. The third-order valence-electron chi connectivity index (χ3n) is 0.524. The topological polar surface area (TPSA) is 18.5 Å². The molecule has 0 saturated heterocycles. The van der Waals surface area contributed by atoms with Gasteiger partial charge in [-0.1, -0.05) is 0 Å². The number of hydrogen-bond donors (Lipinski definition) is 0. The number of rotatable bonds is 2. The standard InChI is InChI=1S/2C3H6OS2.Te/c2*1-2-4-3(5)6;/h2*2H2,1H3,(H,5,6);/q;;+2/p-2. The van der Waals surface area contributed by atoms with Crippen molar-refractivity contribution in [2.24, 2.45) is 0 Å². The molecule has 13 heavy (non-hydrogen) atoms. The van der Waals surface area contributed by atoms with Crippen LogP contribution in [0.25, 0.3) is 0 Å². The van der Waals surface area contributed by atoms with Gasteiger partial charge in [-0.25, -0.2) is 0 Å². The van der Waals surface area contributed by atoms with Crippen LogP contribution in [0.3, 0.4) is 0 Å². The minimum absolute atomic E-state index is 0. The Morgan fingerprint density at radius 3 is 1.23 bits per heavy atom. The van der Waals surface area contributed by atoms with E-state index in [2.05, 4.69) is 59.2 Å². The SMILES string of the molecule is CCOC(=S)[S-].CCOC(=S)[S-].[Te+2]. The number of thiocarbonyl (C=S) groups is 2. The molecule has 0 saturated carbocycles. The minimum Gasteiger partial charge on any atom is -0.514 e. The first kappa shape index (κ1) is 19.6. The van der Waals surface area contributed by atoms with Crippen LogP contribution in [0.4, 0.5) is 0 Å². The summed E-state index contributed by atoms with van der Waals surface area (Å²) in [6.07, 6.45) is 0. The van der Waals surface area contributed by atoms with Crippen LogP contribution in [-0.2, 0) is 34.7 Å². The van der Waals surface area contributed by atoms with Crippen molar-refractivity contribution >= 4 is 82.1 Å². The van der Waals surface area contributed by atoms with E-state index in [1.807, 2.05) is 13.8 Å². The molecule has 7 heteroatoms. The van der Waals surface area contributed by atoms with Crippen LogP contribution in [-0.4, -0.2) is 45.6 Å². The average Bonchev–Trinajstić information content (AvgIpc) is 1.87. The van der Waals surface area contributed by atoms with Gasteiger partial charge in [0.25, 0.3) is 0 Å². The first-order valence-corrected chi connectivity index (χ1v) is 4.85. The maximum absolute atomic E-state index is 4.59. The zero-order valence-electron chi connectivity index (χ0n) is 7.27. The molecule has 0 aromatic heterocycles. The smallest absolute Gasteiger partial charge is 0.514 e. The van der Waals surface area contributed by atoms with Crippen LogP contribution in [0.1, 0.15) is 13.8 Å². The zero-order chi connectivity index (χ0) is 9.98. The van der Waals surface area contributed by atoms with Gasteiger partial charge in [0.1, 0.15) is 0 Å². The van der Waals surface area contributed by atoms with Crippen molar-refractivity contribution in [3.05, 3.63) is 0 Å². The van der Waals surface area contributed by atoms with Crippen molar-refractivity contribution in [3.63, 3.8) is 0 Å². The molecule has 0 aromatic carbocycles. The summed E-state index contributed by atoms with van der Waals surface area (Å²) in [5, 5.41) is 0. The van der Waals surface area contributed by atoms with Crippen molar-refractivity contribution < 1.29 is 9.47 Å². The van der Waals surface area contributed by atoms with E-state index >= 15 is 0 Å². The molecule has 76 valence electrons. The molecule has 4 radical (unpaired) electrons. The summed E-state index contributed by atoms with van der Waals surface area (Å²) >= 11 is 17.5. The molecule has 0 rings (SSSR count). The van der Waals surface area contributed by atoms with Gasteiger partial charge < -0.3 is 59.2 Å². The molecule has 2 nitrogen and oxygen atoms in total.